The summed E-state index contributed by atoms with van der Waals surface area (Å²) in [4.78, 5) is 32.4. The Hall–Kier alpha value is -2.35. The van der Waals surface area contributed by atoms with Gasteiger partial charge in [-0.15, -0.1) is 5.10 Å². The third-order valence-electron chi connectivity index (χ3n) is 5.32. The summed E-state index contributed by atoms with van der Waals surface area (Å²) >= 11 is 1.13. The lowest BCUT2D eigenvalue weighted by Gasteiger charge is -2.33. The van der Waals surface area contributed by atoms with Gasteiger partial charge in [-0.3, -0.25) is 14.6 Å². The van der Waals surface area contributed by atoms with Crippen molar-refractivity contribution in [3.8, 4) is 0 Å². The van der Waals surface area contributed by atoms with Crippen molar-refractivity contribution < 1.29 is 9.59 Å². The summed E-state index contributed by atoms with van der Waals surface area (Å²) in [7, 11) is 0. The van der Waals surface area contributed by atoms with E-state index in [1.54, 1.807) is 34.8 Å². The number of carbonyl (C=O) groups is 2. The largest absolute Gasteiger partial charge is 0.351 e. The highest BCUT2D eigenvalue weighted by molar-refractivity contribution is 7.03. The van der Waals surface area contributed by atoms with E-state index in [1.165, 1.54) is 6.42 Å². The lowest BCUT2D eigenvalue weighted by molar-refractivity contribution is -0.127. The van der Waals surface area contributed by atoms with Crippen molar-refractivity contribution in [1.82, 2.24) is 24.8 Å². The van der Waals surface area contributed by atoms with Gasteiger partial charge in [0.25, 0.3) is 5.91 Å². The normalized spacial score (nSPS) is 15.8. The van der Waals surface area contributed by atoms with Crippen LogP contribution in [-0.4, -0.2) is 43.9 Å². The molecule has 0 unspecified atom stereocenters. The quantitative estimate of drug-likeness (QED) is 0.711. The molecule has 1 saturated carbocycles. The Morgan fingerprint density at radius 3 is 2.55 bits per heavy atom. The molecule has 0 radical (unpaired) electrons. The molecule has 156 valence electrons. The van der Waals surface area contributed by atoms with Crippen molar-refractivity contribution in [2.75, 3.05) is 6.54 Å². The van der Waals surface area contributed by atoms with Gasteiger partial charge in [-0.2, -0.15) is 0 Å². The monoisotopic (exact) mass is 415 g/mol. The van der Waals surface area contributed by atoms with Gasteiger partial charge in [-0.1, -0.05) is 37.6 Å². The average Bonchev–Trinajstić information content (AvgIpc) is 3.26. The van der Waals surface area contributed by atoms with E-state index in [4.69, 9.17) is 0 Å². The van der Waals surface area contributed by atoms with Crippen LogP contribution in [0.3, 0.4) is 0 Å². The molecule has 1 aliphatic carbocycles. The Labute approximate surface area is 176 Å². The Bertz CT molecular complexity index is 776. The third-order valence-corrected chi connectivity index (χ3v) is 5.83. The van der Waals surface area contributed by atoms with Crippen LogP contribution in [0.4, 0.5) is 0 Å². The third kappa shape index (κ3) is 5.82. The molecule has 1 N–H and O–H groups in total. The molecule has 2 aromatic rings. The molecule has 29 heavy (non-hydrogen) atoms. The van der Waals surface area contributed by atoms with Gasteiger partial charge < -0.3 is 10.2 Å². The van der Waals surface area contributed by atoms with Crippen LogP contribution in [0.5, 0.6) is 0 Å². The minimum absolute atomic E-state index is 0.136. The van der Waals surface area contributed by atoms with Crippen LogP contribution in [0.25, 0.3) is 0 Å². The lowest BCUT2D eigenvalue weighted by atomic mass is 9.94. The molecule has 0 saturated heterocycles. The molecule has 0 bridgehead atoms. The zero-order valence-corrected chi connectivity index (χ0v) is 17.9. The second-order valence-electron chi connectivity index (χ2n) is 8.00. The molecule has 2 amide bonds. The van der Waals surface area contributed by atoms with Gasteiger partial charge in [-0.25, -0.2) is 0 Å². The van der Waals surface area contributed by atoms with Crippen molar-refractivity contribution in [3.63, 3.8) is 0 Å². The van der Waals surface area contributed by atoms with E-state index in [-0.39, 0.29) is 23.6 Å². The average molecular weight is 416 g/mol. The first kappa shape index (κ1) is 21.4. The van der Waals surface area contributed by atoms with Gasteiger partial charge >= 0.3 is 0 Å². The summed E-state index contributed by atoms with van der Waals surface area (Å²) in [6.07, 6.45) is 9.57. The molecular formula is C21H29N5O2S. The number of hydrogen-bond donors (Lipinski definition) is 1. The molecule has 0 aliphatic heterocycles. The lowest BCUT2D eigenvalue weighted by Crippen LogP contribution is -2.47. The second-order valence-corrected chi connectivity index (χ2v) is 8.61. The van der Waals surface area contributed by atoms with Crippen molar-refractivity contribution in [2.24, 2.45) is 5.92 Å². The molecular weight excluding hydrogens is 386 g/mol. The standard InChI is InChI=1S/C21H29N5O2S/c1-15(2)10-13-26(21(28)18-14-29-25-24-18)19(16-8-11-22-12-9-16)20(27)23-17-6-4-3-5-7-17/h8-9,11-12,14-15,17,19H,3-7,10,13H2,1-2H3,(H,23,27)/t19-/m1/s1. The minimum atomic E-state index is -0.715. The molecule has 1 atom stereocenters. The van der Waals surface area contributed by atoms with Gasteiger partial charge in [0.15, 0.2) is 5.69 Å². The van der Waals surface area contributed by atoms with E-state index < -0.39 is 6.04 Å². The Morgan fingerprint density at radius 2 is 1.93 bits per heavy atom. The highest BCUT2D eigenvalue weighted by Crippen LogP contribution is 2.26. The summed E-state index contributed by atoms with van der Waals surface area (Å²) < 4.78 is 3.83. The van der Waals surface area contributed by atoms with E-state index in [2.05, 4.69) is 33.7 Å². The summed E-state index contributed by atoms with van der Waals surface area (Å²) in [5.74, 6) is 0.00163. The van der Waals surface area contributed by atoms with Crippen LogP contribution in [-0.2, 0) is 4.79 Å². The fourth-order valence-electron chi connectivity index (χ4n) is 3.70. The molecule has 2 aromatic heterocycles. The first-order valence-corrected chi connectivity index (χ1v) is 11.2. The maximum atomic E-state index is 13.4. The molecule has 0 aromatic carbocycles. The molecule has 1 fully saturated rings. The number of pyridine rings is 1. The van der Waals surface area contributed by atoms with Crippen molar-refractivity contribution in [2.45, 2.75) is 64.5 Å². The maximum absolute atomic E-state index is 13.4. The van der Waals surface area contributed by atoms with Gasteiger partial charge in [0.1, 0.15) is 6.04 Å². The number of nitrogens with zero attached hydrogens (tertiary/aromatic N) is 4. The number of rotatable bonds is 8. The van der Waals surface area contributed by atoms with Crippen LogP contribution in [0.1, 0.15) is 74.5 Å². The minimum Gasteiger partial charge on any atom is -0.351 e. The second kappa shape index (κ2) is 10.4. The molecule has 0 spiro atoms. The van der Waals surface area contributed by atoms with Crippen LogP contribution in [0.15, 0.2) is 29.9 Å². The number of hydrogen-bond acceptors (Lipinski definition) is 6. The Balaban J connectivity index is 1.90. The number of aromatic nitrogens is 3. The highest BCUT2D eigenvalue weighted by Gasteiger charge is 2.34. The Morgan fingerprint density at radius 1 is 1.21 bits per heavy atom. The van der Waals surface area contributed by atoms with E-state index in [9.17, 15) is 9.59 Å². The topological polar surface area (TPSA) is 88.1 Å². The van der Waals surface area contributed by atoms with Crippen LogP contribution < -0.4 is 5.32 Å². The maximum Gasteiger partial charge on any atom is 0.276 e. The molecule has 3 rings (SSSR count). The molecule has 1 aliphatic rings. The predicted octanol–water partition coefficient (Wildman–Crippen LogP) is 3.61. The SMILES string of the molecule is CC(C)CCN(C(=O)c1csnn1)[C@@H](C(=O)NC1CCCCC1)c1ccncc1. The number of amides is 2. The van der Waals surface area contributed by atoms with E-state index in [0.717, 1.165) is 49.2 Å². The predicted molar refractivity (Wildman–Crippen MR) is 112 cm³/mol. The summed E-state index contributed by atoms with van der Waals surface area (Å²) in [6.45, 7) is 4.69. The van der Waals surface area contributed by atoms with Crippen LogP contribution in [0, 0.1) is 5.92 Å². The zero-order chi connectivity index (χ0) is 20.6. The van der Waals surface area contributed by atoms with E-state index in [1.807, 2.05) is 0 Å². The summed E-state index contributed by atoms with van der Waals surface area (Å²) in [5.41, 5.74) is 1.04. The van der Waals surface area contributed by atoms with Crippen LogP contribution in [0.2, 0.25) is 0 Å². The van der Waals surface area contributed by atoms with Gasteiger partial charge in [-0.05, 0) is 54.4 Å². The van der Waals surface area contributed by atoms with Gasteiger partial charge in [0.05, 0.1) is 0 Å². The van der Waals surface area contributed by atoms with Crippen molar-refractivity contribution in [3.05, 3.63) is 41.2 Å². The molecule has 8 heteroatoms. The highest BCUT2D eigenvalue weighted by atomic mass is 32.1. The molecule has 2 heterocycles. The fourth-order valence-corrected chi connectivity index (χ4v) is 4.13. The summed E-state index contributed by atoms with van der Waals surface area (Å²) in [6, 6.07) is 3.07. The van der Waals surface area contributed by atoms with Crippen LogP contribution >= 0.6 is 11.5 Å². The number of nitrogens with one attached hydrogen (secondary N) is 1. The van der Waals surface area contributed by atoms with E-state index in [0.29, 0.717) is 12.5 Å². The van der Waals surface area contributed by atoms with Crippen molar-refractivity contribution in [1.29, 1.82) is 0 Å². The Kier molecular flexibility index (Phi) is 7.69. The van der Waals surface area contributed by atoms with Gasteiger partial charge in [0.2, 0.25) is 5.91 Å². The molecule has 7 nitrogen and oxygen atoms in total. The zero-order valence-electron chi connectivity index (χ0n) is 17.1. The van der Waals surface area contributed by atoms with Gasteiger partial charge in [0, 0.05) is 30.4 Å². The first-order valence-electron chi connectivity index (χ1n) is 10.3. The summed E-state index contributed by atoms with van der Waals surface area (Å²) in [5, 5.41) is 8.78. The smallest absolute Gasteiger partial charge is 0.276 e. The number of carbonyl (C=O) groups excluding carboxylic acids is 2. The van der Waals surface area contributed by atoms with E-state index >= 15 is 0 Å². The van der Waals surface area contributed by atoms with Crippen molar-refractivity contribution >= 4 is 23.3 Å². The fraction of sp³-hybridized carbons (Fsp3) is 0.571. The first-order chi connectivity index (χ1) is 14.1.